The zero-order chi connectivity index (χ0) is 19.9. The van der Waals surface area contributed by atoms with E-state index in [0.29, 0.717) is 6.04 Å². The number of hydrogen-bond acceptors (Lipinski definition) is 5. The number of aromatic amines is 1. The molecule has 1 N–H and O–H groups in total. The van der Waals surface area contributed by atoms with Crippen molar-refractivity contribution < 1.29 is 4.42 Å². The Bertz CT molecular complexity index is 1120. The summed E-state index contributed by atoms with van der Waals surface area (Å²) in [5.74, 6) is 0.806. The lowest BCUT2D eigenvalue weighted by molar-refractivity contribution is 0.224. The first-order valence-corrected chi connectivity index (χ1v) is 10.8. The summed E-state index contributed by atoms with van der Waals surface area (Å²) in [5, 5.41) is 9.15. The van der Waals surface area contributed by atoms with Crippen LogP contribution in [-0.2, 0) is 13.0 Å². The third kappa shape index (κ3) is 3.24. The van der Waals surface area contributed by atoms with Gasteiger partial charge in [-0.3, -0.25) is 14.4 Å². The van der Waals surface area contributed by atoms with Crippen molar-refractivity contribution in [3.63, 3.8) is 0 Å². The molecule has 30 heavy (non-hydrogen) atoms. The molecule has 7 nitrogen and oxygen atoms in total. The molecule has 0 bridgehead atoms. The molecule has 0 aliphatic carbocycles. The Hall–Kier alpha value is -2.90. The van der Waals surface area contributed by atoms with Crippen LogP contribution in [-0.4, -0.2) is 61.8 Å². The standard InChI is InChI=1S/C23H26N6O/c1-2-22-21(9-20(1)29-15-25-26-16-29)18(10-24-22)3-6-28-7-4-19-12-27(13-23(19)28)11-17-5-8-30-14-17/h1-2,5,8-10,14-16,19,23-24H,3-4,6-7,11-13H2/t19-,23+/m1/s1. The molecule has 0 radical (unpaired) electrons. The van der Waals surface area contributed by atoms with E-state index in [1.165, 1.54) is 48.1 Å². The van der Waals surface area contributed by atoms with Crippen LogP contribution < -0.4 is 0 Å². The van der Waals surface area contributed by atoms with E-state index in [0.717, 1.165) is 31.1 Å². The highest BCUT2D eigenvalue weighted by Crippen LogP contribution is 2.32. The maximum Gasteiger partial charge on any atom is 0.123 e. The minimum atomic E-state index is 0.690. The van der Waals surface area contributed by atoms with Gasteiger partial charge in [0.2, 0.25) is 0 Å². The van der Waals surface area contributed by atoms with Crippen molar-refractivity contribution in [3.8, 4) is 5.69 Å². The number of likely N-dealkylation sites (tertiary alicyclic amines) is 2. The highest BCUT2D eigenvalue weighted by molar-refractivity contribution is 5.85. The average molecular weight is 403 g/mol. The average Bonchev–Trinajstić information content (AvgIpc) is 3.55. The predicted octanol–water partition coefficient (Wildman–Crippen LogP) is 3.09. The maximum absolute atomic E-state index is 5.24. The van der Waals surface area contributed by atoms with Gasteiger partial charge in [-0.05, 0) is 55.1 Å². The number of hydrogen-bond donors (Lipinski definition) is 1. The Labute approximate surface area is 175 Å². The van der Waals surface area contributed by atoms with Crippen LogP contribution in [0.4, 0.5) is 0 Å². The van der Waals surface area contributed by atoms with E-state index in [1.807, 2.05) is 10.8 Å². The van der Waals surface area contributed by atoms with E-state index in [-0.39, 0.29) is 0 Å². The summed E-state index contributed by atoms with van der Waals surface area (Å²) in [6.07, 6.45) is 11.7. The first-order chi connectivity index (χ1) is 14.8. The van der Waals surface area contributed by atoms with Crippen LogP contribution in [0, 0.1) is 5.92 Å². The number of H-pyrrole nitrogens is 1. The highest BCUT2D eigenvalue weighted by Gasteiger charge is 2.40. The van der Waals surface area contributed by atoms with Gasteiger partial charge in [0.05, 0.1) is 12.5 Å². The Morgan fingerprint density at radius 1 is 1.13 bits per heavy atom. The molecule has 1 aromatic carbocycles. The second-order valence-corrected chi connectivity index (χ2v) is 8.64. The van der Waals surface area contributed by atoms with E-state index < -0.39 is 0 Å². The van der Waals surface area contributed by atoms with Crippen molar-refractivity contribution in [1.29, 1.82) is 0 Å². The number of benzene rings is 1. The molecule has 3 aromatic heterocycles. The number of fused-ring (bicyclic) bond motifs is 2. The molecule has 7 heteroatoms. The van der Waals surface area contributed by atoms with Gasteiger partial charge >= 0.3 is 0 Å². The first-order valence-electron chi connectivity index (χ1n) is 10.8. The van der Waals surface area contributed by atoms with Crippen molar-refractivity contribution in [1.82, 2.24) is 29.5 Å². The van der Waals surface area contributed by atoms with Gasteiger partial charge in [-0.15, -0.1) is 10.2 Å². The zero-order valence-electron chi connectivity index (χ0n) is 16.9. The second kappa shape index (κ2) is 7.41. The third-order valence-electron chi connectivity index (χ3n) is 6.86. The summed E-state index contributed by atoms with van der Waals surface area (Å²) < 4.78 is 7.19. The molecule has 4 aromatic rings. The molecule has 0 spiro atoms. The number of aromatic nitrogens is 4. The number of rotatable bonds is 6. The van der Waals surface area contributed by atoms with Crippen LogP contribution in [0.15, 0.2) is 60.1 Å². The Kier molecular flexibility index (Phi) is 4.43. The van der Waals surface area contributed by atoms with Gasteiger partial charge in [0.25, 0.3) is 0 Å². The molecule has 2 saturated heterocycles. The van der Waals surface area contributed by atoms with Crippen molar-refractivity contribution in [2.45, 2.75) is 25.4 Å². The van der Waals surface area contributed by atoms with Gasteiger partial charge in [0.1, 0.15) is 12.7 Å². The van der Waals surface area contributed by atoms with Gasteiger partial charge in [-0.1, -0.05) is 0 Å². The van der Waals surface area contributed by atoms with Crippen molar-refractivity contribution in [2.75, 3.05) is 26.2 Å². The fraction of sp³-hybridized carbons (Fsp3) is 0.391. The van der Waals surface area contributed by atoms with E-state index >= 15 is 0 Å². The van der Waals surface area contributed by atoms with E-state index in [1.54, 1.807) is 18.9 Å². The summed E-state index contributed by atoms with van der Waals surface area (Å²) in [6, 6.07) is 9.25. The molecule has 0 saturated carbocycles. The highest BCUT2D eigenvalue weighted by atomic mass is 16.3. The monoisotopic (exact) mass is 402 g/mol. The fourth-order valence-corrected chi connectivity index (χ4v) is 5.32. The molecule has 6 rings (SSSR count). The largest absolute Gasteiger partial charge is 0.472 e. The minimum Gasteiger partial charge on any atom is -0.472 e. The van der Waals surface area contributed by atoms with Crippen LogP contribution in [0.3, 0.4) is 0 Å². The predicted molar refractivity (Wildman–Crippen MR) is 114 cm³/mol. The van der Waals surface area contributed by atoms with E-state index in [4.69, 9.17) is 4.42 Å². The molecule has 2 atom stereocenters. The molecule has 0 amide bonds. The van der Waals surface area contributed by atoms with Crippen molar-refractivity contribution in [3.05, 3.63) is 66.8 Å². The lowest BCUT2D eigenvalue weighted by atomic mass is 10.0. The van der Waals surface area contributed by atoms with E-state index in [2.05, 4.69) is 55.4 Å². The van der Waals surface area contributed by atoms with Gasteiger partial charge in [-0.2, -0.15) is 0 Å². The second-order valence-electron chi connectivity index (χ2n) is 8.64. The minimum absolute atomic E-state index is 0.690. The first kappa shape index (κ1) is 17.9. The van der Waals surface area contributed by atoms with Gasteiger partial charge in [0, 0.05) is 60.6 Å². The smallest absolute Gasteiger partial charge is 0.123 e. The molecule has 154 valence electrons. The third-order valence-corrected chi connectivity index (χ3v) is 6.86. The summed E-state index contributed by atoms with van der Waals surface area (Å²) in [4.78, 5) is 8.74. The number of nitrogens with zero attached hydrogens (tertiary/aromatic N) is 5. The Morgan fingerprint density at radius 3 is 2.93 bits per heavy atom. The molecule has 5 heterocycles. The number of nitrogens with one attached hydrogen (secondary N) is 1. The number of furan rings is 1. The molecule has 2 fully saturated rings. The normalized spacial score (nSPS) is 22.3. The molecular formula is C23H26N6O. The van der Waals surface area contributed by atoms with Crippen molar-refractivity contribution in [2.24, 2.45) is 5.92 Å². The summed E-state index contributed by atoms with van der Waals surface area (Å²) >= 11 is 0. The summed E-state index contributed by atoms with van der Waals surface area (Å²) in [5.41, 5.74) is 4.95. The molecular weight excluding hydrogens is 376 g/mol. The molecule has 2 aliphatic rings. The fourth-order valence-electron chi connectivity index (χ4n) is 5.32. The quantitative estimate of drug-likeness (QED) is 0.537. The van der Waals surface area contributed by atoms with Crippen LogP contribution in [0.25, 0.3) is 16.6 Å². The Balaban J connectivity index is 1.14. The van der Waals surface area contributed by atoms with Crippen LogP contribution in [0.5, 0.6) is 0 Å². The van der Waals surface area contributed by atoms with Crippen LogP contribution >= 0.6 is 0 Å². The Morgan fingerprint density at radius 2 is 2.07 bits per heavy atom. The SMILES string of the molecule is c1cc(CN2C[C@H]3CCN(CCc4c[nH]c5ccc(-n6cnnc6)cc45)[C@H]3C2)co1. The molecule has 2 aliphatic heterocycles. The van der Waals surface area contributed by atoms with Crippen LogP contribution in [0.1, 0.15) is 17.5 Å². The maximum atomic E-state index is 5.24. The summed E-state index contributed by atoms with van der Waals surface area (Å²) in [7, 11) is 0. The zero-order valence-corrected chi connectivity index (χ0v) is 16.9. The van der Waals surface area contributed by atoms with Gasteiger partial charge in [0.15, 0.2) is 0 Å². The summed E-state index contributed by atoms with van der Waals surface area (Å²) in [6.45, 7) is 5.72. The van der Waals surface area contributed by atoms with Gasteiger partial charge < -0.3 is 9.40 Å². The topological polar surface area (TPSA) is 66.1 Å². The lowest BCUT2D eigenvalue weighted by Crippen LogP contribution is -2.36. The lowest BCUT2D eigenvalue weighted by Gasteiger charge is -2.24. The van der Waals surface area contributed by atoms with Crippen molar-refractivity contribution >= 4 is 10.9 Å². The van der Waals surface area contributed by atoms with Crippen LogP contribution in [0.2, 0.25) is 0 Å². The van der Waals surface area contributed by atoms with Gasteiger partial charge in [-0.25, -0.2) is 0 Å². The molecule has 0 unspecified atom stereocenters. The van der Waals surface area contributed by atoms with E-state index in [9.17, 15) is 0 Å².